The summed E-state index contributed by atoms with van der Waals surface area (Å²) >= 11 is 7.48. The number of hydrogen-bond acceptors (Lipinski definition) is 9. The standard InChI is InChI=1S/C23H26ClN9O3S2/c1-12-13(2)25-10-18-21(12)27-22(37-18)23(34)33-6-5-32(11-16(33)9-19-28-30-31-29-19)38(35,36)20-8-14-7-15(24)3-4-17(14)26-20/h3-4,7-8,12-13,16,25-26H,5-6,9-11H2,1-2H3,(H,28,29,30,31). The maximum atomic E-state index is 13.7. The molecule has 0 spiro atoms. The van der Waals surface area contributed by atoms with Crippen molar-refractivity contribution in [1.29, 1.82) is 0 Å². The maximum Gasteiger partial charge on any atom is 0.283 e. The van der Waals surface area contributed by atoms with Crippen molar-refractivity contribution >= 4 is 49.8 Å². The summed E-state index contributed by atoms with van der Waals surface area (Å²) in [6, 6.07) is 6.53. The van der Waals surface area contributed by atoms with Gasteiger partial charge in [-0.05, 0) is 41.6 Å². The van der Waals surface area contributed by atoms with E-state index in [1.807, 2.05) is 0 Å². The van der Waals surface area contributed by atoms with Crippen LogP contribution >= 0.6 is 22.9 Å². The molecule has 2 aliphatic heterocycles. The summed E-state index contributed by atoms with van der Waals surface area (Å²) in [5.41, 5.74) is 1.64. The number of H-pyrrole nitrogens is 2. The number of halogens is 1. The molecule has 200 valence electrons. The number of hydrogen-bond donors (Lipinski definition) is 3. The molecule has 6 rings (SSSR count). The molecule has 1 aromatic carbocycles. The van der Waals surface area contributed by atoms with Crippen LogP contribution in [0.2, 0.25) is 5.02 Å². The van der Waals surface area contributed by atoms with E-state index in [4.69, 9.17) is 16.6 Å². The smallest absolute Gasteiger partial charge is 0.283 e. The Morgan fingerprint density at radius 3 is 2.87 bits per heavy atom. The van der Waals surface area contributed by atoms with E-state index < -0.39 is 16.1 Å². The van der Waals surface area contributed by atoms with Gasteiger partial charge in [-0.3, -0.25) is 4.79 Å². The van der Waals surface area contributed by atoms with Gasteiger partial charge in [-0.1, -0.05) is 18.5 Å². The normalized spacial score (nSPS) is 22.6. The fraction of sp³-hybridized carbons (Fsp3) is 0.435. The number of nitrogens with one attached hydrogen (secondary N) is 3. The molecule has 12 nitrogen and oxygen atoms in total. The number of amides is 1. The van der Waals surface area contributed by atoms with Crippen LogP contribution in [0.15, 0.2) is 29.3 Å². The van der Waals surface area contributed by atoms with E-state index in [-0.39, 0.29) is 48.9 Å². The van der Waals surface area contributed by atoms with Gasteiger partial charge in [0.15, 0.2) is 10.8 Å². The Morgan fingerprint density at radius 1 is 1.24 bits per heavy atom. The molecule has 3 N–H and O–H groups in total. The van der Waals surface area contributed by atoms with Crippen molar-refractivity contribution in [3.63, 3.8) is 0 Å². The van der Waals surface area contributed by atoms with Gasteiger partial charge in [0.05, 0.1) is 11.7 Å². The molecule has 3 atom stereocenters. The number of tetrazole rings is 1. The summed E-state index contributed by atoms with van der Waals surface area (Å²) in [4.78, 5) is 24.2. The molecule has 1 fully saturated rings. The zero-order valence-corrected chi connectivity index (χ0v) is 23.1. The topological polar surface area (TPSA) is 153 Å². The van der Waals surface area contributed by atoms with Crippen LogP contribution < -0.4 is 5.32 Å². The average molecular weight is 576 g/mol. The van der Waals surface area contributed by atoms with Crippen LogP contribution in [0.25, 0.3) is 10.9 Å². The molecule has 3 aromatic heterocycles. The molecule has 2 aliphatic rings. The first-order chi connectivity index (χ1) is 18.2. The average Bonchev–Trinajstić information content (AvgIpc) is 3.65. The third-order valence-electron chi connectivity index (χ3n) is 7.38. The van der Waals surface area contributed by atoms with Gasteiger partial charge in [0, 0.05) is 65.4 Å². The van der Waals surface area contributed by atoms with Gasteiger partial charge in [-0.15, -0.1) is 16.4 Å². The molecule has 0 aliphatic carbocycles. The van der Waals surface area contributed by atoms with E-state index >= 15 is 0 Å². The summed E-state index contributed by atoms with van der Waals surface area (Å²) < 4.78 is 28.7. The second-order valence-corrected chi connectivity index (χ2v) is 13.1. The Kier molecular flexibility index (Phi) is 6.46. The molecule has 1 amide bonds. The van der Waals surface area contributed by atoms with Gasteiger partial charge in [-0.25, -0.2) is 18.5 Å². The second kappa shape index (κ2) is 9.68. The van der Waals surface area contributed by atoms with Crippen LogP contribution in [0.3, 0.4) is 0 Å². The van der Waals surface area contributed by atoms with Crippen molar-refractivity contribution in [1.82, 2.24) is 45.1 Å². The summed E-state index contributed by atoms with van der Waals surface area (Å²) in [5.74, 6) is 0.456. The number of thiazole rings is 1. The zero-order chi connectivity index (χ0) is 26.6. The minimum absolute atomic E-state index is 0.0813. The van der Waals surface area contributed by atoms with E-state index in [1.54, 1.807) is 29.2 Å². The lowest BCUT2D eigenvalue weighted by atomic mass is 9.95. The minimum atomic E-state index is -3.86. The lowest BCUT2D eigenvalue weighted by Crippen LogP contribution is -2.57. The highest BCUT2D eigenvalue weighted by molar-refractivity contribution is 7.89. The van der Waals surface area contributed by atoms with Gasteiger partial charge >= 0.3 is 0 Å². The number of nitrogens with zero attached hydrogens (tertiary/aromatic N) is 6. The lowest BCUT2D eigenvalue weighted by molar-refractivity contribution is 0.0561. The predicted molar refractivity (Wildman–Crippen MR) is 142 cm³/mol. The highest BCUT2D eigenvalue weighted by Gasteiger charge is 2.39. The molecule has 1 saturated heterocycles. The third-order valence-corrected chi connectivity index (χ3v) is 10.5. The number of aromatic nitrogens is 6. The number of piperazine rings is 1. The van der Waals surface area contributed by atoms with Crippen LogP contribution in [0, 0.1) is 0 Å². The number of benzene rings is 1. The van der Waals surface area contributed by atoms with Crippen LogP contribution in [0.5, 0.6) is 0 Å². The molecule has 5 heterocycles. The Labute approximate surface area is 227 Å². The summed E-state index contributed by atoms with van der Waals surface area (Å²) in [6.45, 7) is 5.34. The third kappa shape index (κ3) is 4.49. The van der Waals surface area contributed by atoms with Gasteiger partial charge in [0.2, 0.25) is 0 Å². The summed E-state index contributed by atoms with van der Waals surface area (Å²) in [5, 5.41) is 19.1. The molecule has 15 heteroatoms. The van der Waals surface area contributed by atoms with Gasteiger partial charge in [0.1, 0.15) is 5.03 Å². The van der Waals surface area contributed by atoms with E-state index in [9.17, 15) is 13.2 Å². The number of carbonyl (C=O) groups excluding carboxylic acids is 1. The highest BCUT2D eigenvalue weighted by Crippen LogP contribution is 2.33. The lowest BCUT2D eigenvalue weighted by Gasteiger charge is -2.40. The molecule has 0 saturated carbocycles. The zero-order valence-electron chi connectivity index (χ0n) is 20.7. The van der Waals surface area contributed by atoms with Gasteiger partial charge in [0.25, 0.3) is 15.9 Å². The van der Waals surface area contributed by atoms with E-state index in [0.717, 1.165) is 10.6 Å². The number of rotatable bonds is 5. The molecule has 3 unspecified atom stereocenters. The van der Waals surface area contributed by atoms with Crippen molar-refractivity contribution < 1.29 is 13.2 Å². The molecule has 38 heavy (non-hydrogen) atoms. The molecule has 0 bridgehead atoms. The Bertz CT molecular complexity index is 1600. The fourth-order valence-electron chi connectivity index (χ4n) is 5.06. The minimum Gasteiger partial charge on any atom is -0.345 e. The van der Waals surface area contributed by atoms with Crippen molar-refractivity contribution in [2.24, 2.45) is 0 Å². The Balaban J connectivity index is 1.28. The van der Waals surface area contributed by atoms with E-state index in [1.165, 1.54) is 15.6 Å². The Morgan fingerprint density at radius 2 is 2.08 bits per heavy atom. The summed E-state index contributed by atoms with van der Waals surface area (Å²) in [7, 11) is -3.86. The first-order valence-electron chi connectivity index (χ1n) is 12.3. The van der Waals surface area contributed by atoms with Crippen LogP contribution in [-0.2, 0) is 23.0 Å². The first-order valence-corrected chi connectivity index (χ1v) is 14.9. The number of sulfonamides is 1. The van der Waals surface area contributed by atoms with Crippen molar-refractivity contribution in [2.75, 3.05) is 19.6 Å². The summed E-state index contributed by atoms with van der Waals surface area (Å²) in [6.07, 6.45) is 0.271. The molecular weight excluding hydrogens is 550 g/mol. The van der Waals surface area contributed by atoms with Gasteiger partial charge in [-0.2, -0.15) is 4.31 Å². The monoisotopic (exact) mass is 575 g/mol. The van der Waals surface area contributed by atoms with Crippen molar-refractivity contribution in [3.05, 3.63) is 50.7 Å². The fourth-order valence-corrected chi connectivity index (χ4v) is 7.80. The quantitative estimate of drug-likeness (QED) is 0.327. The Hall–Kier alpha value is -2.91. The molecule has 4 aromatic rings. The van der Waals surface area contributed by atoms with E-state index in [0.29, 0.717) is 33.3 Å². The second-order valence-electron chi connectivity index (χ2n) is 9.72. The highest BCUT2D eigenvalue weighted by atomic mass is 35.5. The van der Waals surface area contributed by atoms with Crippen molar-refractivity contribution in [3.8, 4) is 0 Å². The van der Waals surface area contributed by atoms with Crippen LogP contribution in [0.1, 0.15) is 46.0 Å². The maximum absolute atomic E-state index is 13.7. The van der Waals surface area contributed by atoms with E-state index in [2.05, 4.69) is 44.8 Å². The first kappa shape index (κ1) is 25.4. The number of carbonyl (C=O) groups is 1. The van der Waals surface area contributed by atoms with Crippen LogP contribution in [0.4, 0.5) is 0 Å². The van der Waals surface area contributed by atoms with Gasteiger partial charge < -0.3 is 15.2 Å². The SMILES string of the molecule is CC1NCc2sc(C(=O)N3CCN(S(=O)(=O)c4cc5cc(Cl)ccc5[nH]4)CC3Cc3nnn[nH]3)nc2C1C. The van der Waals surface area contributed by atoms with Crippen molar-refractivity contribution in [2.45, 2.75) is 49.8 Å². The molecule has 0 radical (unpaired) electrons. The predicted octanol–water partition coefficient (Wildman–Crippen LogP) is 2.14. The number of aromatic amines is 2. The molecular formula is C23H26ClN9O3S2. The van der Waals surface area contributed by atoms with Crippen LogP contribution in [-0.4, -0.2) is 85.8 Å². The number of fused-ring (bicyclic) bond motifs is 2. The largest absolute Gasteiger partial charge is 0.345 e.